The Hall–Kier alpha value is -1.51. The highest BCUT2D eigenvalue weighted by Gasteiger charge is 2.40. The Morgan fingerprint density at radius 3 is 2.48 bits per heavy atom. The summed E-state index contributed by atoms with van der Waals surface area (Å²) < 4.78 is 0. The molecule has 2 saturated carbocycles. The summed E-state index contributed by atoms with van der Waals surface area (Å²) in [5.41, 5.74) is 2.23. The molecule has 1 N–H and O–H groups in total. The number of rotatable bonds is 4. The topological polar surface area (TPSA) is 32.3 Å². The number of anilines is 2. The standard InChI is InChI=1S/C20H28N2O/c23-20(14-17-13-15-4-5-16(17)12-15)21-18-6-8-19(9-7-18)22-10-2-1-3-11-22/h6-9,15-17H,1-5,10-14H2,(H,21,23)/t15-,16-,17+/m1/s1. The minimum Gasteiger partial charge on any atom is -0.372 e. The summed E-state index contributed by atoms with van der Waals surface area (Å²) in [5.74, 6) is 2.59. The number of hydrogen-bond acceptors (Lipinski definition) is 2. The van der Waals surface area contributed by atoms with Crippen LogP contribution >= 0.6 is 0 Å². The van der Waals surface area contributed by atoms with E-state index in [1.807, 2.05) is 0 Å². The number of carbonyl (C=O) groups is 1. The van der Waals surface area contributed by atoms with E-state index in [0.717, 1.165) is 37.0 Å². The molecule has 0 unspecified atom stereocenters. The normalized spacial score (nSPS) is 29.7. The summed E-state index contributed by atoms with van der Waals surface area (Å²) >= 11 is 0. The molecule has 0 aromatic heterocycles. The Labute approximate surface area is 139 Å². The molecule has 0 spiro atoms. The van der Waals surface area contributed by atoms with Gasteiger partial charge < -0.3 is 10.2 Å². The Morgan fingerprint density at radius 2 is 1.83 bits per heavy atom. The second-order valence-corrected chi connectivity index (χ2v) is 7.78. The van der Waals surface area contributed by atoms with Crippen LogP contribution in [0.25, 0.3) is 0 Å². The average Bonchev–Trinajstić information content (AvgIpc) is 3.19. The second-order valence-electron chi connectivity index (χ2n) is 7.78. The first-order valence-corrected chi connectivity index (χ1v) is 9.43. The first-order chi connectivity index (χ1) is 11.3. The molecule has 23 heavy (non-hydrogen) atoms. The van der Waals surface area contributed by atoms with Crippen LogP contribution in [0.5, 0.6) is 0 Å². The number of amides is 1. The Bertz CT molecular complexity index is 547. The molecular weight excluding hydrogens is 284 g/mol. The fourth-order valence-electron chi connectivity index (χ4n) is 4.98. The van der Waals surface area contributed by atoms with E-state index in [0.29, 0.717) is 5.92 Å². The molecule has 1 saturated heterocycles. The Balaban J connectivity index is 1.30. The maximum absolute atomic E-state index is 12.3. The van der Waals surface area contributed by atoms with Crippen LogP contribution in [0.2, 0.25) is 0 Å². The molecule has 1 aromatic carbocycles. The summed E-state index contributed by atoms with van der Waals surface area (Å²) in [4.78, 5) is 14.8. The van der Waals surface area contributed by atoms with Gasteiger partial charge in [0.1, 0.15) is 0 Å². The summed E-state index contributed by atoms with van der Waals surface area (Å²) in [6.07, 6.45) is 10.1. The molecule has 2 aliphatic carbocycles. The SMILES string of the molecule is O=C(C[C@@H]1C[C@@H]2CC[C@@H]1C2)Nc1ccc(N2CCCCC2)cc1. The highest BCUT2D eigenvalue weighted by atomic mass is 16.1. The number of nitrogens with zero attached hydrogens (tertiary/aromatic N) is 1. The van der Waals surface area contributed by atoms with Gasteiger partial charge in [-0.05, 0) is 80.5 Å². The highest BCUT2D eigenvalue weighted by molar-refractivity contribution is 5.91. The fourth-order valence-corrected chi connectivity index (χ4v) is 4.98. The molecule has 4 rings (SSSR count). The van der Waals surface area contributed by atoms with Crippen molar-refractivity contribution in [3.8, 4) is 0 Å². The first-order valence-electron chi connectivity index (χ1n) is 9.43. The van der Waals surface area contributed by atoms with Crippen molar-refractivity contribution in [3.05, 3.63) is 24.3 Å². The lowest BCUT2D eigenvalue weighted by atomic mass is 9.86. The molecule has 1 aromatic rings. The number of nitrogens with one attached hydrogen (secondary N) is 1. The quantitative estimate of drug-likeness (QED) is 0.891. The summed E-state index contributed by atoms with van der Waals surface area (Å²) in [6.45, 7) is 2.33. The van der Waals surface area contributed by atoms with Crippen molar-refractivity contribution in [2.24, 2.45) is 17.8 Å². The third-order valence-corrected chi connectivity index (χ3v) is 6.20. The van der Waals surface area contributed by atoms with Crippen molar-refractivity contribution in [2.45, 2.75) is 51.4 Å². The molecule has 124 valence electrons. The zero-order valence-electron chi connectivity index (χ0n) is 14.0. The predicted molar refractivity (Wildman–Crippen MR) is 94.7 cm³/mol. The maximum atomic E-state index is 12.3. The number of fused-ring (bicyclic) bond motifs is 2. The van der Waals surface area contributed by atoms with E-state index in [2.05, 4.69) is 34.5 Å². The van der Waals surface area contributed by atoms with Crippen LogP contribution in [0.1, 0.15) is 51.4 Å². The van der Waals surface area contributed by atoms with Gasteiger partial charge in [-0.1, -0.05) is 6.42 Å². The zero-order valence-corrected chi connectivity index (χ0v) is 14.0. The van der Waals surface area contributed by atoms with Crippen molar-refractivity contribution in [1.82, 2.24) is 0 Å². The summed E-state index contributed by atoms with van der Waals surface area (Å²) in [6, 6.07) is 8.42. The van der Waals surface area contributed by atoms with Crippen LogP contribution in [0, 0.1) is 17.8 Å². The average molecular weight is 312 g/mol. The lowest BCUT2D eigenvalue weighted by molar-refractivity contribution is -0.117. The monoisotopic (exact) mass is 312 g/mol. The summed E-state index contributed by atoms with van der Waals surface area (Å²) in [7, 11) is 0. The summed E-state index contributed by atoms with van der Waals surface area (Å²) in [5, 5.41) is 3.10. The van der Waals surface area contributed by atoms with E-state index in [1.165, 1.54) is 50.6 Å². The minimum absolute atomic E-state index is 0.202. The molecule has 3 atom stereocenters. The van der Waals surface area contributed by atoms with Crippen LogP contribution < -0.4 is 10.2 Å². The van der Waals surface area contributed by atoms with Crippen LogP contribution in [0.15, 0.2) is 24.3 Å². The lowest BCUT2D eigenvalue weighted by Gasteiger charge is -2.28. The zero-order chi connectivity index (χ0) is 15.6. The van der Waals surface area contributed by atoms with Gasteiger partial charge in [0.15, 0.2) is 0 Å². The van der Waals surface area contributed by atoms with Gasteiger partial charge in [-0.15, -0.1) is 0 Å². The molecule has 0 radical (unpaired) electrons. The Morgan fingerprint density at radius 1 is 1.04 bits per heavy atom. The number of carbonyl (C=O) groups excluding carboxylic acids is 1. The van der Waals surface area contributed by atoms with E-state index in [4.69, 9.17) is 0 Å². The van der Waals surface area contributed by atoms with Gasteiger partial charge in [0, 0.05) is 30.9 Å². The van der Waals surface area contributed by atoms with Crippen molar-refractivity contribution in [1.29, 1.82) is 0 Å². The van der Waals surface area contributed by atoms with Crippen molar-refractivity contribution < 1.29 is 4.79 Å². The number of hydrogen-bond donors (Lipinski definition) is 1. The van der Waals surface area contributed by atoms with Gasteiger partial charge in [0.05, 0.1) is 0 Å². The molecule has 1 aliphatic heterocycles. The van der Waals surface area contributed by atoms with E-state index >= 15 is 0 Å². The molecule has 3 nitrogen and oxygen atoms in total. The van der Waals surface area contributed by atoms with Gasteiger partial charge in [-0.3, -0.25) is 4.79 Å². The molecule has 3 fully saturated rings. The lowest BCUT2D eigenvalue weighted by Crippen LogP contribution is -2.29. The smallest absolute Gasteiger partial charge is 0.224 e. The van der Waals surface area contributed by atoms with E-state index in [9.17, 15) is 4.79 Å². The number of benzene rings is 1. The number of piperidine rings is 1. The third-order valence-electron chi connectivity index (χ3n) is 6.20. The van der Waals surface area contributed by atoms with Gasteiger partial charge in [0.25, 0.3) is 0 Å². The van der Waals surface area contributed by atoms with Gasteiger partial charge in [-0.25, -0.2) is 0 Å². The van der Waals surface area contributed by atoms with E-state index in [1.54, 1.807) is 0 Å². The molecular formula is C20H28N2O. The molecule has 3 heteroatoms. The largest absolute Gasteiger partial charge is 0.372 e. The molecule has 1 amide bonds. The van der Waals surface area contributed by atoms with Crippen molar-refractivity contribution in [3.63, 3.8) is 0 Å². The van der Waals surface area contributed by atoms with Gasteiger partial charge in [0.2, 0.25) is 5.91 Å². The van der Waals surface area contributed by atoms with Crippen LogP contribution in [0.3, 0.4) is 0 Å². The van der Waals surface area contributed by atoms with Crippen LogP contribution in [-0.2, 0) is 4.79 Å². The maximum Gasteiger partial charge on any atom is 0.224 e. The third kappa shape index (κ3) is 3.39. The van der Waals surface area contributed by atoms with Crippen molar-refractivity contribution in [2.75, 3.05) is 23.3 Å². The molecule has 3 aliphatic rings. The molecule has 2 bridgehead atoms. The van der Waals surface area contributed by atoms with E-state index < -0.39 is 0 Å². The van der Waals surface area contributed by atoms with Crippen LogP contribution in [-0.4, -0.2) is 19.0 Å². The Kier molecular flexibility index (Phi) is 4.28. The molecule has 1 heterocycles. The van der Waals surface area contributed by atoms with Crippen molar-refractivity contribution >= 4 is 17.3 Å². The predicted octanol–water partition coefficient (Wildman–Crippen LogP) is 4.44. The second kappa shape index (κ2) is 6.54. The fraction of sp³-hybridized carbons (Fsp3) is 0.650. The van der Waals surface area contributed by atoms with Gasteiger partial charge in [-0.2, -0.15) is 0 Å². The van der Waals surface area contributed by atoms with Crippen LogP contribution in [0.4, 0.5) is 11.4 Å². The minimum atomic E-state index is 0.202. The highest BCUT2D eigenvalue weighted by Crippen LogP contribution is 2.49. The van der Waals surface area contributed by atoms with Gasteiger partial charge >= 0.3 is 0 Å². The first kappa shape index (κ1) is 15.0. The van der Waals surface area contributed by atoms with E-state index in [-0.39, 0.29) is 5.91 Å².